The highest BCUT2D eigenvalue weighted by atomic mass is 19.4. The van der Waals surface area contributed by atoms with E-state index < -0.39 is 17.7 Å². The number of carbonyl (C=O) groups excluding carboxylic acids is 1. The maximum Gasteiger partial charge on any atom is 0.416 e. The van der Waals surface area contributed by atoms with Crippen LogP contribution in [0.4, 0.5) is 13.2 Å². The molecule has 0 saturated heterocycles. The molecule has 1 aromatic carbocycles. The van der Waals surface area contributed by atoms with Crippen molar-refractivity contribution in [2.45, 2.75) is 32.5 Å². The highest BCUT2D eigenvalue weighted by molar-refractivity contribution is 5.97. The fraction of sp³-hybridized carbons (Fsp3) is 0.263. The van der Waals surface area contributed by atoms with E-state index >= 15 is 0 Å². The highest BCUT2D eigenvalue weighted by Gasteiger charge is 2.30. The fourth-order valence-electron chi connectivity index (χ4n) is 2.04. The second-order valence-electron chi connectivity index (χ2n) is 5.57. The Morgan fingerprint density at radius 2 is 2.08 bits per heavy atom. The molecule has 0 bridgehead atoms. The minimum absolute atomic E-state index is 0.162. The third-order valence-electron chi connectivity index (χ3n) is 3.61. The molecular formula is C19H16F3NO3. The van der Waals surface area contributed by atoms with Gasteiger partial charge in [0.1, 0.15) is 23.2 Å². The first kappa shape index (κ1) is 19.3. The van der Waals surface area contributed by atoms with Crippen molar-refractivity contribution in [1.82, 2.24) is 0 Å². The van der Waals surface area contributed by atoms with Crippen molar-refractivity contribution in [2.24, 2.45) is 0 Å². The van der Waals surface area contributed by atoms with Gasteiger partial charge in [-0.25, -0.2) is 4.79 Å². The van der Waals surface area contributed by atoms with E-state index in [1.54, 1.807) is 13.0 Å². The number of nitriles is 1. The van der Waals surface area contributed by atoms with E-state index in [2.05, 4.69) is 0 Å². The van der Waals surface area contributed by atoms with Crippen LogP contribution in [0.25, 0.3) is 17.4 Å². The summed E-state index contributed by atoms with van der Waals surface area (Å²) in [6, 6.07) is 9.35. The minimum atomic E-state index is -4.46. The van der Waals surface area contributed by atoms with Crippen LogP contribution in [-0.4, -0.2) is 12.1 Å². The molecule has 2 aromatic rings. The average molecular weight is 363 g/mol. The molecule has 0 N–H and O–H groups in total. The molecule has 0 aliphatic carbocycles. The number of carbonyl (C=O) groups is 1. The summed E-state index contributed by atoms with van der Waals surface area (Å²) in [4.78, 5) is 11.9. The molecule has 26 heavy (non-hydrogen) atoms. The molecule has 0 radical (unpaired) electrons. The van der Waals surface area contributed by atoms with Gasteiger partial charge in [-0.15, -0.1) is 0 Å². The van der Waals surface area contributed by atoms with E-state index in [1.165, 1.54) is 30.3 Å². The molecule has 0 unspecified atom stereocenters. The van der Waals surface area contributed by atoms with E-state index in [0.717, 1.165) is 12.1 Å². The van der Waals surface area contributed by atoms with Gasteiger partial charge >= 0.3 is 12.1 Å². The maximum atomic E-state index is 12.8. The summed E-state index contributed by atoms with van der Waals surface area (Å²) in [6.45, 7) is 3.53. The van der Waals surface area contributed by atoms with Crippen LogP contribution in [0.2, 0.25) is 0 Å². The smallest absolute Gasteiger partial charge is 0.416 e. The third-order valence-corrected chi connectivity index (χ3v) is 3.61. The number of nitrogens with zero attached hydrogens (tertiary/aromatic N) is 1. The Morgan fingerprint density at radius 1 is 1.35 bits per heavy atom. The highest BCUT2D eigenvalue weighted by Crippen LogP contribution is 2.32. The van der Waals surface area contributed by atoms with Crippen LogP contribution in [0.15, 0.2) is 46.4 Å². The van der Waals surface area contributed by atoms with E-state index in [9.17, 15) is 18.0 Å². The largest absolute Gasteiger partial charge is 0.459 e. The van der Waals surface area contributed by atoms with Crippen molar-refractivity contribution in [1.29, 1.82) is 5.26 Å². The molecule has 0 amide bonds. The van der Waals surface area contributed by atoms with Crippen molar-refractivity contribution in [3.63, 3.8) is 0 Å². The predicted molar refractivity (Wildman–Crippen MR) is 88.6 cm³/mol. The van der Waals surface area contributed by atoms with Crippen LogP contribution in [0, 0.1) is 11.3 Å². The Bertz CT molecular complexity index is 859. The summed E-state index contributed by atoms with van der Waals surface area (Å²) in [5.74, 6) is -0.427. The predicted octanol–water partition coefficient (Wildman–Crippen LogP) is 5.21. The van der Waals surface area contributed by atoms with Crippen molar-refractivity contribution >= 4 is 12.0 Å². The number of halogens is 3. The first-order chi connectivity index (χ1) is 12.2. The number of benzene rings is 1. The van der Waals surface area contributed by atoms with Crippen LogP contribution in [0.5, 0.6) is 0 Å². The summed E-state index contributed by atoms with van der Waals surface area (Å²) in [5, 5.41) is 9.11. The topological polar surface area (TPSA) is 63.2 Å². The number of hydrogen-bond donors (Lipinski definition) is 0. The van der Waals surface area contributed by atoms with E-state index in [-0.39, 0.29) is 28.8 Å². The summed E-state index contributed by atoms with van der Waals surface area (Å²) in [6.07, 6.45) is -3.00. The van der Waals surface area contributed by atoms with Gasteiger partial charge in [-0.2, -0.15) is 18.4 Å². The van der Waals surface area contributed by atoms with Crippen LogP contribution < -0.4 is 0 Å². The Kier molecular flexibility index (Phi) is 5.88. The lowest BCUT2D eigenvalue weighted by molar-refractivity contribution is -0.143. The van der Waals surface area contributed by atoms with Gasteiger partial charge in [-0.1, -0.05) is 19.1 Å². The molecule has 0 spiro atoms. The standard InChI is InChI=1S/C19H16F3NO3/c1-3-12(2)25-18(24)14(11-23)10-16-7-8-17(26-16)13-5-4-6-15(9-13)19(20,21)22/h4-10,12H,3H2,1-2H3/b14-10+/t12-/m1/s1. The van der Waals surface area contributed by atoms with Crippen LogP contribution in [0.1, 0.15) is 31.6 Å². The van der Waals surface area contributed by atoms with Gasteiger partial charge in [0.2, 0.25) is 0 Å². The molecule has 1 atom stereocenters. The first-order valence-corrected chi connectivity index (χ1v) is 7.84. The van der Waals surface area contributed by atoms with Crippen LogP contribution >= 0.6 is 0 Å². The molecule has 0 aliphatic heterocycles. The van der Waals surface area contributed by atoms with Crippen molar-refractivity contribution in [2.75, 3.05) is 0 Å². The monoisotopic (exact) mass is 363 g/mol. The van der Waals surface area contributed by atoms with Gasteiger partial charge < -0.3 is 9.15 Å². The van der Waals surface area contributed by atoms with Gasteiger partial charge in [0.15, 0.2) is 0 Å². The quantitative estimate of drug-likeness (QED) is 0.415. The first-order valence-electron chi connectivity index (χ1n) is 7.84. The number of rotatable bonds is 5. The maximum absolute atomic E-state index is 12.8. The summed E-state index contributed by atoms with van der Waals surface area (Å²) in [7, 11) is 0. The second kappa shape index (κ2) is 7.91. The molecule has 136 valence electrons. The summed E-state index contributed by atoms with van der Waals surface area (Å²) >= 11 is 0. The van der Waals surface area contributed by atoms with Gasteiger partial charge in [-0.3, -0.25) is 0 Å². The summed E-state index contributed by atoms with van der Waals surface area (Å²) in [5.41, 5.74) is -0.811. The van der Waals surface area contributed by atoms with E-state index in [1.807, 2.05) is 6.92 Å². The molecule has 7 heteroatoms. The van der Waals surface area contributed by atoms with Gasteiger partial charge in [-0.05, 0) is 37.6 Å². The Hall–Kier alpha value is -3.01. The molecule has 2 rings (SSSR count). The zero-order valence-electron chi connectivity index (χ0n) is 14.1. The molecule has 0 fully saturated rings. The number of ether oxygens (including phenoxy) is 1. The molecule has 1 heterocycles. The Morgan fingerprint density at radius 3 is 2.69 bits per heavy atom. The Balaban J connectivity index is 2.27. The number of esters is 1. The fourth-order valence-corrected chi connectivity index (χ4v) is 2.04. The van der Waals surface area contributed by atoms with Gasteiger partial charge in [0.05, 0.1) is 11.7 Å². The molecule has 4 nitrogen and oxygen atoms in total. The van der Waals surface area contributed by atoms with Crippen molar-refractivity contribution in [3.8, 4) is 17.4 Å². The van der Waals surface area contributed by atoms with Gasteiger partial charge in [0, 0.05) is 11.6 Å². The summed E-state index contributed by atoms with van der Waals surface area (Å²) < 4.78 is 48.9. The van der Waals surface area contributed by atoms with Crippen molar-refractivity contribution < 1.29 is 27.1 Å². The number of hydrogen-bond acceptors (Lipinski definition) is 4. The van der Waals surface area contributed by atoms with Crippen LogP contribution in [-0.2, 0) is 15.7 Å². The number of alkyl halides is 3. The molecule has 0 aliphatic rings. The van der Waals surface area contributed by atoms with E-state index in [4.69, 9.17) is 14.4 Å². The van der Waals surface area contributed by atoms with E-state index in [0.29, 0.717) is 6.42 Å². The zero-order chi connectivity index (χ0) is 19.3. The lowest BCUT2D eigenvalue weighted by Gasteiger charge is -2.09. The van der Waals surface area contributed by atoms with Crippen LogP contribution in [0.3, 0.4) is 0 Å². The lowest BCUT2D eigenvalue weighted by Crippen LogP contribution is -2.15. The SMILES string of the molecule is CC[C@@H](C)OC(=O)/C(C#N)=C/c1ccc(-c2cccc(C(F)(F)F)c2)o1. The lowest BCUT2D eigenvalue weighted by atomic mass is 10.1. The third kappa shape index (κ3) is 4.76. The second-order valence-corrected chi connectivity index (χ2v) is 5.57. The van der Waals surface area contributed by atoms with Gasteiger partial charge in [0.25, 0.3) is 0 Å². The van der Waals surface area contributed by atoms with Crippen molar-refractivity contribution in [3.05, 3.63) is 53.3 Å². The molecule has 0 saturated carbocycles. The minimum Gasteiger partial charge on any atom is -0.459 e. The Labute approximate surface area is 148 Å². The average Bonchev–Trinajstić information content (AvgIpc) is 3.07. The normalized spacial score (nSPS) is 13.2. The molecule has 1 aromatic heterocycles. The number of furan rings is 1. The molecular weight excluding hydrogens is 347 g/mol. The zero-order valence-corrected chi connectivity index (χ0v) is 14.1.